The van der Waals surface area contributed by atoms with Crippen LogP contribution in [0, 0.1) is 6.92 Å². The van der Waals surface area contributed by atoms with Gasteiger partial charge in [0.25, 0.3) is 0 Å². The van der Waals surface area contributed by atoms with Crippen LogP contribution in [0.1, 0.15) is 42.7 Å². The summed E-state index contributed by atoms with van der Waals surface area (Å²) in [5.41, 5.74) is 6.43. The predicted octanol–water partition coefficient (Wildman–Crippen LogP) is 1.73. The van der Waals surface area contributed by atoms with Gasteiger partial charge in [0.1, 0.15) is 17.6 Å². The molecule has 1 fully saturated rings. The lowest BCUT2D eigenvalue weighted by molar-refractivity contribution is 0.108. The van der Waals surface area contributed by atoms with Crippen molar-refractivity contribution in [3.8, 4) is 0 Å². The van der Waals surface area contributed by atoms with Gasteiger partial charge in [-0.05, 0) is 32.7 Å². The van der Waals surface area contributed by atoms with Crippen molar-refractivity contribution >= 4 is 0 Å². The summed E-state index contributed by atoms with van der Waals surface area (Å²) in [5, 5.41) is 0. The molecule has 0 aromatic carbocycles. The molecule has 2 rings (SSSR count). The lowest BCUT2D eigenvalue weighted by atomic mass is 10.1. The highest BCUT2D eigenvalue weighted by atomic mass is 16.5. The van der Waals surface area contributed by atoms with Crippen LogP contribution in [-0.4, -0.2) is 18.1 Å². The van der Waals surface area contributed by atoms with E-state index in [2.05, 4.69) is 4.98 Å². The van der Waals surface area contributed by atoms with Gasteiger partial charge in [0.15, 0.2) is 5.89 Å². The van der Waals surface area contributed by atoms with Crippen LogP contribution in [0.25, 0.3) is 0 Å². The summed E-state index contributed by atoms with van der Waals surface area (Å²) < 4.78 is 11.2. The summed E-state index contributed by atoms with van der Waals surface area (Å²) in [6, 6.07) is 0. The molecule has 1 aliphatic heterocycles. The molecule has 1 unspecified atom stereocenters. The quantitative estimate of drug-likeness (QED) is 0.822. The molecule has 4 nitrogen and oxygen atoms in total. The third-order valence-electron chi connectivity index (χ3n) is 2.71. The van der Waals surface area contributed by atoms with Gasteiger partial charge in [-0.2, -0.15) is 0 Å². The number of nitrogens with two attached hydrogens (primary N) is 1. The van der Waals surface area contributed by atoms with E-state index in [1.807, 2.05) is 6.92 Å². The van der Waals surface area contributed by atoms with E-state index in [1.54, 1.807) is 0 Å². The molecule has 1 saturated heterocycles. The second kappa shape index (κ2) is 4.77. The van der Waals surface area contributed by atoms with Crippen molar-refractivity contribution in [2.45, 2.75) is 38.7 Å². The van der Waals surface area contributed by atoms with Gasteiger partial charge in [-0.15, -0.1) is 0 Å². The zero-order chi connectivity index (χ0) is 10.7. The molecule has 0 amide bonds. The van der Waals surface area contributed by atoms with E-state index >= 15 is 0 Å². The maximum atomic E-state index is 5.59. The maximum Gasteiger partial charge on any atom is 0.194 e. The van der Waals surface area contributed by atoms with Crippen LogP contribution in [0.3, 0.4) is 0 Å². The van der Waals surface area contributed by atoms with Crippen LogP contribution in [0.5, 0.6) is 0 Å². The highest BCUT2D eigenvalue weighted by Gasteiger charge is 2.23. The minimum atomic E-state index is 0.153. The van der Waals surface area contributed by atoms with Crippen molar-refractivity contribution < 1.29 is 9.15 Å². The van der Waals surface area contributed by atoms with Gasteiger partial charge in [-0.25, -0.2) is 4.98 Å². The van der Waals surface area contributed by atoms with Crippen molar-refractivity contribution in [3.63, 3.8) is 0 Å². The van der Waals surface area contributed by atoms with Crippen LogP contribution in [0.2, 0.25) is 0 Å². The first-order valence-electron chi connectivity index (χ1n) is 5.59. The number of rotatable bonds is 4. The topological polar surface area (TPSA) is 61.3 Å². The molecule has 0 saturated carbocycles. The highest BCUT2D eigenvalue weighted by Crippen LogP contribution is 2.30. The smallest absolute Gasteiger partial charge is 0.194 e. The molecule has 2 heterocycles. The lowest BCUT2D eigenvalue weighted by Crippen LogP contribution is -2.01. The second-order valence-corrected chi connectivity index (χ2v) is 3.94. The Hall–Kier alpha value is -0.870. The Bertz CT molecular complexity index is 316. The van der Waals surface area contributed by atoms with Gasteiger partial charge in [-0.1, -0.05) is 0 Å². The summed E-state index contributed by atoms with van der Waals surface area (Å²) in [4.78, 5) is 4.48. The van der Waals surface area contributed by atoms with Crippen LogP contribution in [0.15, 0.2) is 4.42 Å². The fourth-order valence-corrected chi connectivity index (χ4v) is 1.92. The molecule has 15 heavy (non-hydrogen) atoms. The number of hydrogen-bond donors (Lipinski definition) is 1. The molecular weight excluding hydrogens is 192 g/mol. The highest BCUT2D eigenvalue weighted by molar-refractivity contribution is 5.12. The summed E-state index contributed by atoms with van der Waals surface area (Å²) >= 11 is 0. The molecule has 1 aromatic rings. The third-order valence-corrected chi connectivity index (χ3v) is 2.71. The first kappa shape index (κ1) is 10.6. The predicted molar refractivity (Wildman–Crippen MR) is 56.5 cm³/mol. The summed E-state index contributed by atoms with van der Waals surface area (Å²) in [7, 11) is 0. The van der Waals surface area contributed by atoms with Crippen LogP contribution < -0.4 is 5.73 Å². The standard InChI is InChI=1S/C11H18N2O2/c1-8-11(9-4-3-7-14-9)13-10(15-8)5-2-6-12/h9H,2-7,12H2,1H3. The van der Waals surface area contributed by atoms with Crippen molar-refractivity contribution in [3.05, 3.63) is 17.3 Å². The molecule has 4 heteroatoms. The Labute approximate surface area is 89.8 Å². The average Bonchev–Trinajstić information content (AvgIpc) is 2.83. The van der Waals surface area contributed by atoms with Crippen molar-refractivity contribution in [1.29, 1.82) is 0 Å². The van der Waals surface area contributed by atoms with Crippen molar-refractivity contribution in [2.75, 3.05) is 13.2 Å². The zero-order valence-electron chi connectivity index (χ0n) is 9.16. The Morgan fingerprint density at radius 3 is 3.07 bits per heavy atom. The van der Waals surface area contributed by atoms with Crippen molar-refractivity contribution in [1.82, 2.24) is 4.98 Å². The van der Waals surface area contributed by atoms with Gasteiger partial charge >= 0.3 is 0 Å². The summed E-state index contributed by atoms with van der Waals surface area (Å²) in [6.45, 7) is 3.47. The largest absolute Gasteiger partial charge is 0.446 e. The van der Waals surface area contributed by atoms with E-state index in [-0.39, 0.29) is 6.10 Å². The summed E-state index contributed by atoms with van der Waals surface area (Å²) in [5.74, 6) is 1.69. The van der Waals surface area contributed by atoms with Gasteiger partial charge in [0.05, 0.1) is 0 Å². The Balaban J connectivity index is 2.06. The number of ether oxygens (including phenoxy) is 1. The normalized spacial score (nSPS) is 21.1. The molecule has 1 atom stereocenters. The SMILES string of the molecule is Cc1oc(CCCN)nc1C1CCCO1. The molecule has 0 radical (unpaired) electrons. The molecular formula is C11H18N2O2. The third kappa shape index (κ3) is 2.38. The van der Waals surface area contributed by atoms with E-state index in [0.29, 0.717) is 6.54 Å². The Morgan fingerprint density at radius 2 is 2.40 bits per heavy atom. The van der Waals surface area contributed by atoms with E-state index in [9.17, 15) is 0 Å². The molecule has 0 bridgehead atoms. The first-order valence-corrected chi connectivity index (χ1v) is 5.59. The Morgan fingerprint density at radius 1 is 1.53 bits per heavy atom. The van der Waals surface area contributed by atoms with Gasteiger partial charge in [-0.3, -0.25) is 0 Å². The average molecular weight is 210 g/mol. The number of oxazole rings is 1. The fraction of sp³-hybridized carbons (Fsp3) is 0.727. The van der Waals surface area contributed by atoms with Crippen LogP contribution >= 0.6 is 0 Å². The van der Waals surface area contributed by atoms with Crippen molar-refractivity contribution in [2.24, 2.45) is 5.73 Å². The Kier molecular flexibility index (Phi) is 3.38. The number of aryl methyl sites for hydroxylation is 2. The number of nitrogens with zero attached hydrogens (tertiary/aromatic N) is 1. The van der Waals surface area contributed by atoms with E-state index in [0.717, 1.165) is 49.6 Å². The number of hydrogen-bond acceptors (Lipinski definition) is 4. The van der Waals surface area contributed by atoms with Crippen LogP contribution in [0.4, 0.5) is 0 Å². The lowest BCUT2D eigenvalue weighted by Gasteiger charge is -2.04. The van der Waals surface area contributed by atoms with E-state index in [1.165, 1.54) is 0 Å². The second-order valence-electron chi connectivity index (χ2n) is 3.94. The molecule has 0 spiro atoms. The fourth-order valence-electron chi connectivity index (χ4n) is 1.92. The number of aromatic nitrogens is 1. The monoisotopic (exact) mass is 210 g/mol. The van der Waals surface area contributed by atoms with Crippen LogP contribution in [-0.2, 0) is 11.2 Å². The maximum absolute atomic E-state index is 5.59. The first-order chi connectivity index (χ1) is 7.31. The molecule has 1 aromatic heterocycles. The molecule has 0 aliphatic carbocycles. The van der Waals surface area contributed by atoms with Gasteiger partial charge < -0.3 is 14.9 Å². The molecule has 84 valence electrons. The van der Waals surface area contributed by atoms with Gasteiger partial charge in [0, 0.05) is 13.0 Å². The summed E-state index contributed by atoms with van der Waals surface area (Å²) in [6.07, 6.45) is 4.08. The minimum absolute atomic E-state index is 0.153. The zero-order valence-corrected chi connectivity index (χ0v) is 9.16. The van der Waals surface area contributed by atoms with E-state index in [4.69, 9.17) is 14.9 Å². The van der Waals surface area contributed by atoms with Gasteiger partial charge in [0.2, 0.25) is 0 Å². The molecule has 2 N–H and O–H groups in total. The molecule has 1 aliphatic rings. The minimum Gasteiger partial charge on any atom is -0.446 e. The van der Waals surface area contributed by atoms with E-state index < -0.39 is 0 Å².